The van der Waals surface area contributed by atoms with Crippen molar-refractivity contribution in [1.29, 1.82) is 0 Å². The highest BCUT2D eigenvalue weighted by atomic mass is 32.2. The molecule has 2 bridgehead atoms. The fourth-order valence-electron chi connectivity index (χ4n) is 10.2. The van der Waals surface area contributed by atoms with Crippen LogP contribution in [0.4, 0.5) is 0 Å². The first kappa shape index (κ1) is 68.4. The van der Waals surface area contributed by atoms with Gasteiger partial charge in [-0.25, -0.2) is 4.79 Å². The Kier molecular flexibility index (Phi) is 25.0. The summed E-state index contributed by atoms with van der Waals surface area (Å²) in [7, 11) is -1.06. The van der Waals surface area contributed by atoms with Gasteiger partial charge in [0.1, 0.15) is 47.0 Å². The van der Waals surface area contributed by atoms with Crippen molar-refractivity contribution in [1.82, 2.24) is 57.5 Å². The average molecular weight is 1260 g/mol. The molecule has 0 saturated carbocycles. The van der Waals surface area contributed by atoms with E-state index in [1.54, 1.807) is 26.0 Å². The SMILES string of the molecule is CC[C@H](C)[C@@H]1NC(=O)CNC(=O)[C@@H]2Cc3c([nH]c4c(CSCCCCNC(=O)CCCC(=O)ON5C(=O)CCC5=O)c(OC)ccc34)S(=O)CC(NC(=O)CNC1=O)C(=O)N[C@@H](CC(N)=O)C(=O)N1C[C@H](O)C[C@H]1C(=O)N[C@@H]([C@@H](C)[C@@H](O)CO)C(=O)N2. The number of aliphatic hydroxyl groups excluding tert-OH is 3. The number of rotatable bonds is 20. The molecule has 0 radical (unpaired) electrons. The highest BCUT2D eigenvalue weighted by molar-refractivity contribution is 7.98. The van der Waals surface area contributed by atoms with E-state index in [1.165, 1.54) is 25.8 Å². The number of carbonyl (C=O) groups excluding carboxylic acids is 13. The first-order chi connectivity index (χ1) is 41.3. The Morgan fingerprint density at radius 2 is 1.53 bits per heavy atom. The molecule has 1 aromatic heterocycles. The topological polar surface area (TPSA) is 463 Å². The fraction of sp³-hybridized carbons (Fsp3) is 0.611. The smallest absolute Gasteiger partial charge is 0.333 e. The van der Waals surface area contributed by atoms with Gasteiger partial charge in [-0.05, 0) is 48.6 Å². The number of carbonyl (C=O) groups is 13. The van der Waals surface area contributed by atoms with Crippen molar-refractivity contribution in [3.05, 3.63) is 23.3 Å². The van der Waals surface area contributed by atoms with Crippen molar-refractivity contribution < 1.29 is 91.4 Å². The molecule has 87 heavy (non-hydrogen) atoms. The summed E-state index contributed by atoms with van der Waals surface area (Å²) in [5.41, 5.74) is 6.48. The van der Waals surface area contributed by atoms with Gasteiger partial charge in [-0.15, -0.1) is 5.06 Å². The van der Waals surface area contributed by atoms with Gasteiger partial charge < -0.3 is 83.0 Å². The minimum atomic E-state index is -2.47. The van der Waals surface area contributed by atoms with Crippen LogP contribution in [-0.2, 0) is 90.1 Å². The molecule has 478 valence electrons. The van der Waals surface area contributed by atoms with E-state index in [0.29, 0.717) is 52.3 Å². The number of imide groups is 1. The van der Waals surface area contributed by atoms with Crippen LogP contribution in [0.1, 0.15) is 96.1 Å². The Bertz CT molecular complexity index is 2980. The van der Waals surface area contributed by atoms with Crippen LogP contribution in [0.5, 0.6) is 5.75 Å². The number of fused-ring (bicyclic) bond motifs is 5. The summed E-state index contributed by atoms with van der Waals surface area (Å²) < 4.78 is 21.1. The van der Waals surface area contributed by atoms with Crippen LogP contribution in [0.3, 0.4) is 0 Å². The summed E-state index contributed by atoms with van der Waals surface area (Å²) >= 11 is 1.44. The van der Waals surface area contributed by atoms with E-state index in [4.69, 9.17) is 15.3 Å². The number of ether oxygens (including phenoxy) is 1. The Labute approximate surface area is 506 Å². The molecule has 1 aromatic carbocycles. The molecule has 12 amide bonds. The maximum atomic E-state index is 15.3. The monoisotopic (exact) mass is 1260 g/mol. The van der Waals surface area contributed by atoms with Gasteiger partial charge in [-0.2, -0.15) is 11.8 Å². The predicted molar refractivity (Wildman–Crippen MR) is 307 cm³/mol. The van der Waals surface area contributed by atoms with E-state index >= 15 is 4.21 Å². The number of hydrogen-bond acceptors (Lipinski definition) is 20. The van der Waals surface area contributed by atoms with Gasteiger partial charge in [0.15, 0.2) is 0 Å². The molecule has 0 spiro atoms. The molecule has 6 rings (SSSR count). The summed E-state index contributed by atoms with van der Waals surface area (Å²) in [5, 5.41) is 52.6. The van der Waals surface area contributed by atoms with Gasteiger partial charge >= 0.3 is 5.97 Å². The van der Waals surface area contributed by atoms with E-state index in [0.717, 1.165) is 4.90 Å². The number of aromatic nitrogens is 1. The molecule has 2 unspecified atom stereocenters. The first-order valence-corrected chi connectivity index (χ1v) is 30.9. The molecular formula is C54H76N12O19S2. The number of benzene rings is 1. The third-order valence-electron chi connectivity index (χ3n) is 15.3. The Morgan fingerprint density at radius 3 is 2.20 bits per heavy atom. The summed E-state index contributed by atoms with van der Waals surface area (Å²) in [4.78, 5) is 184. The number of hydrogen-bond donors (Lipinski definition) is 13. The summed E-state index contributed by atoms with van der Waals surface area (Å²) in [5.74, 6) is -13.4. The average Bonchev–Trinajstić information content (AvgIpc) is 1.98. The molecule has 2 fully saturated rings. The Morgan fingerprint density at radius 1 is 0.839 bits per heavy atom. The van der Waals surface area contributed by atoms with Gasteiger partial charge in [-0.1, -0.05) is 27.2 Å². The van der Waals surface area contributed by atoms with Crippen LogP contribution in [0.25, 0.3) is 10.9 Å². The van der Waals surface area contributed by atoms with Crippen molar-refractivity contribution in [2.45, 2.75) is 151 Å². The number of nitrogens with one attached hydrogen (secondary N) is 9. The largest absolute Gasteiger partial charge is 0.496 e. The quantitative estimate of drug-likeness (QED) is 0.0438. The summed E-state index contributed by atoms with van der Waals surface area (Å²) in [6.45, 7) is 1.90. The number of aliphatic hydroxyl groups is 3. The maximum Gasteiger partial charge on any atom is 0.333 e. The van der Waals surface area contributed by atoms with Crippen LogP contribution in [0, 0.1) is 11.8 Å². The number of thioether (sulfide) groups is 1. The molecule has 2 saturated heterocycles. The van der Waals surface area contributed by atoms with Crippen molar-refractivity contribution in [3.63, 3.8) is 0 Å². The van der Waals surface area contributed by atoms with Crippen LogP contribution in [0.15, 0.2) is 17.2 Å². The molecule has 0 aliphatic carbocycles. The van der Waals surface area contributed by atoms with Crippen LogP contribution in [-0.4, -0.2) is 211 Å². The van der Waals surface area contributed by atoms with E-state index in [1.807, 2.05) is 0 Å². The van der Waals surface area contributed by atoms with Gasteiger partial charge in [0.25, 0.3) is 11.8 Å². The zero-order valence-corrected chi connectivity index (χ0v) is 50.2. The lowest BCUT2D eigenvalue weighted by Crippen LogP contribution is -2.62. The first-order valence-electron chi connectivity index (χ1n) is 28.5. The number of primary amides is 1. The van der Waals surface area contributed by atoms with Gasteiger partial charge in [0.05, 0.1) is 67.5 Å². The van der Waals surface area contributed by atoms with Crippen molar-refractivity contribution >= 4 is 110 Å². The lowest BCUT2D eigenvalue weighted by molar-refractivity contribution is -0.197. The third kappa shape index (κ3) is 18.2. The fourth-order valence-corrected chi connectivity index (χ4v) is 12.6. The molecule has 4 aliphatic heterocycles. The van der Waals surface area contributed by atoms with Gasteiger partial charge in [0, 0.05) is 74.2 Å². The molecule has 2 aromatic rings. The van der Waals surface area contributed by atoms with Gasteiger partial charge in [-0.3, -0.25) is 61.7 Å². The van der Waals surface area contributed by atoms with Crippen LogP contribution < -0.4 is 53.0 Å². The molecule has 14 N–H and O–H groups in total. The van der Waals surface area contributed by atoms with Gasteiger partial charge in [0.2, 0.25) is 59.1 Å². The molecule has 11 atom stereocenters. The normalized spacial score (nSPS) is 24.9. The number of hydroxylamine groups is 2. The molecule has 5 heterocycles. The zero-order chi connectivity index (χ0) is 63.8. The van der Waals surface area contributed by atoms with E-state index in [2.05, 4.69) is 47.5 Å². The minimum Gasteiger partial charge on any atom is -0.496 e. The number of nitrogens with zero attached hydrogens (tertiary/aromatic N) is 2. The predicted octanol–water partition coefficient (Wildman–Crippen LogP) is -4.71. The van der Waals surface area contributed by atoms with E-state index in [9.17, 15) is 77.6 Å². The van der Waals surface area contributed by atoms with Crippen LogP contribution in [0.2, 0.25) is 0 Å². The number of aromatic amines is 1. The number of unbranched alkanes of at least 4 members (excludes halogenated alkanes) is 1. The number of H-pyrrole nitrogens is 1. The number of amides is 12. The summed E-state index contributed by atoms with van der Waals surface area (Å²) in [6, 6.07) is -7.08. The molecular weight excluding hydrogens is 1180 g/mol. The third-order valence-corrected chi connectivity index (χ3v) is 17.8. The van der Waals surface area contributed by atoms with Crippen molar-refractivity contribution in [3.8, 4) is 5.75 Å². The highest BCUT2D eigenvalue weighted by Gasteiger charge is 2.45. The lowest BCUT2D eigenvalue weighted by atomic mass is 9.93. The second-order valence-corrected chi connectivity index (χ2v) is 24.1. The maximum absolute atomic E-state index is 15.3. The second-order valence-electron chi connectivity index (χ2n) is 21.6. The standard InChI is InChI=1S/C54H76N12O19S2/c1-5-26(2)45-51(80)58-20-40(72)59-34-25-87(83)53-30(29-11-12-37(84-4)31(47(29)64-53)24-86-16-7-6-15-56-39(71)9-8-10-44(76)85-66-42(74)13-14-43(66)75)18-32(48(77)57-21-41(73)62-45)60-52(81)46(27(3)36(69)23-67)63-50(79)35-17-28(68)22-65(35)54(82)33(19-38(55)70)61-49(34)78/h11-12,26-28,32-36,45-46,64,67-69H,5-10,13-25H2,1-4H3,(H2,55,70)(H,56,71)(H,57,77)(H,58,80)(H,59,72)(H,60,81)(H,61,78)(H,62,73)(H,63,79)/t26-,27-,28+,32-,33-,34?,35-,36-,45-,46-,87?/m0/s1. The minimum absolute atomic E-state index is 0.0206. The molecule has 31 nitrogen and oxygen atoms in total. The lowest BCUT2D eigenvalue weighted by Gasteiger charge is -2.32. The number of methoxy groups -OCH3 is 1. The van der Waals surface area contributed by atoms with E-state index in [-0.39, 0.29) is 60.9 Å². The number of nitrogens with two attached hydrogens (primary N) is 1. The van der Waals surface area contributed by atoms with Crippen molar-refractivity contribution in [2.24, 2.45) is 17.6 Å². The molecule has 33 heteroatoms. The second kappa shape index (κ2) is 31.8. The Balaban J connectivity index is 1.38. The highest BCUT2D eigenvalue weighted by Crippen LogP contribution is 2.36. The van der Waals surface area contributed by atoms with E-state index < -0.39 is 193 Å². The summed E-state index contributed by atoms with van der Waals surface area (Å²) in [6.07, 6.45) is -3.73. The molecule has 4 aliphatic rings. The Hall–Kier alpha value is -7.75. The zero-order valence-electron chi connectivity index (χ0n) is 48.5. The van der Waals surface area contributed by atoms with Crippen molar-refractivity contribution in [2.75, 3.05) is 51.4 Å². The van der Waals surface area contributed by atoms with Crippen LogP contribution >= 0.6 is 11.8 Å².